The van der Waals surface area contributed by atoms with Crippen LogP contribution < -0.4 is 0 Å². The molecule has 3 nitrogen and oxygen atoms in total. The number of ketones is 1. The number of nitrogens with zero attached hydrogens (tertiary/aromatic N) is 1. The number of hydrogen-bond acceptors (Lipinski definition) is 3. The molecule has 0 bridgehead atoms. The number of hydrogen-bond donors (Lipinski definition) is 1. The van der Waals surface area contributed by atoms with Crippen molar-refractivity contribution < 1.29 is 30.0 Å². The molecule has 0 fully saturated rings. The average molecular weight is 749 g/mol. The van der Waals surface area contributed by atoms with Crippen molar-refractivity contribution in [3.05, 3.63) is 77.1 Å². The van der Waals surface area contributed by atoms with Crippen LogP contribution in [0.3, 0.4) is 0 Å². The molecular formula is C38H54IrNO2-. The van der Waals surface area contributed by atoms with E-state index < -0.39 is 5.41 Å². The van der Waals surface area contributed by atoms with Gasteiger partial charge in [-0.3, -0.25) is 9.78 Å². The molecule has 1 N–H and O–H groups in total. The minimum absolute atomic E-state index is 0. The van der Waals surface area contributed by atoms with Crippen molar-refractivity contribution in [1.29, 1.82) is 0 Å². The Kier molecular flexibility index (Phi) is 14.3. The van der Waals surface area contributed by atoms with Gasteiger partial charge in [0, 0.05) is 42.4 Å². The van der Waals surface area contributed by atoms with Crippen molar-refractivity contribution in [2.45, 2.75) is 108 Å². The van der Waals surface area contributed by atoms with Gasteiger partial charge in [-0.1, -0.05) is 107 Å². The van der Waals surface area contributed by atoms with E-state index in [-0.39, 0.29) is 37.1 Å². The van der Waals surface area contributed by atoms with Gasteiger partial charge in [0.25, 0.3) is 0 Å². The number of aliphatic hydroxyl groups is 1. The smallest absolute Gasteiger partial charge is 0.164 e. The number of rotatable bonds is 10. The maximum atomic E-state index is 12.3. The van der Waals surface area contributed by atoms with Crippen LogP contribution in [0, 0.1) is 42.6 Å². The molecule has 0 saturated heterocycles. The first-order valence-corrected chi connectivity index (χ1v) is 15.3. The van der Waals surface area contributed by atoms with Gasteiger partial charge in [0.2, 0.25) is 0 Å². The van der Waals surface area contributed by atoms with Gasteiger partial charge in [0.1, 0.15) is 5.76 Å². The molecule has 3 rings (SSSR count). The van der Waals surface area contributed by atoms with Gasteiger partial charge in [0.15, 0.2) is 5.78 Å². The molecule has 0 spiro atoms. The Morgan fingerprint density at radius 2 is 1.50 bits per heavy atom. The SMILES string of the molecule is CC(C)CC(C)(C)C(=O)/C=C(\O)C(C)(C)CC(C)C.CCC(C)c1cc(-c2[c-]c(C)cc(C)c2)nc2ccccc12.[Ir]. The van der Waals surface area contributed by atoms with Crippen molar-refractivity contribution >= 4 is 16.7 Å². The standard InChI is InChI=1S/C21H22N.C17H32O2.Ir/c1-5-16(4)19-13-21(17-11-14(2)10-15(3)12-17)22-20-9-7-6-8-18(19)20;1-12(2)10-16(5,6)14(18)9-15(19)17(7,8)11-13(3)4;/h6-11,13,16H,5H2,1-4H3;9,12-13,18H,10-11H2,1-8H3;/q-1;;/b;14-9-;. The van der Waals surface area contributed by atoms with E-state index in [9.17, 15) is 9.90 Å². The summed E-state index contributed by atoms with van der Waals surface area (Å²) in [5.41, 5.74) is 6.25. The first kappa shape index (κ1) is 37.7. The molecule has 0 amide bonds. The van der Waals surface area contributed by atoms with E-state index in [1.54, 1.807) is 0 Å². The number of benzene rings is 2. The second-order valence-electron chi connectivity index (χ2n) is 14.0. The number of allylic oxidation sites excluding steroid dienone is 2. The Balaban J connectivity index is 0.000000416. The molecule has 3 aromatic rings. The maximum absolute atomic E-state index is 12.3. The van der Waals surface area contributed by atoms with Crippen LogP contribution in [0.4, 0.5) is 0 Å². The Bertz CT molecular complexity index is 1330. The van der Waals surface area contributed by atoms with E-state index in [4.69, 9.17) is 4.98 Å². The van der Waals surface area contributed by atoms with E-state index in [2.05, 4.69) is 104 Å². The van der Waals surface area contributed by atoms with Gasteiger partial charge < -0.3 is 5.11 Å². The fourth-order valence-corrected chi connectivity index (χ4v) is 5.76. The summed E-state index contributed by atoms with van der Waals surface area (Å²) in [5.74, 6) is 1.72. The minimum atomic E-state index is -0.407. The summed E-state index contributed by atoms with van der Waals surface area (Å²) in [6, 6.07) is 18.5. The van der Waals surface area contributed by atoms with Crippen molar-refractivity contribution in [1.82, 2.24) is 4.98 Å². The molecule has 0 saturated carbocycles. The summed E-state index contributed by atoms with van der Waals surface area (Å²) in [7, 11) is 0. The number of carbonyl (C=O) groups is 1. The summed E-state index contributed by atoms with van der Waals surface area (Å²) in [4.78, 5) is 17.2. The van der Waals surface area contributed by atoms with Gasteiger partial charge in [0.05, 0.1) is 5.52 Å². The van der Waals surface area contributed by atoms with Crippen LogP contribution in [-0.2, 0) is 24.9 Å². The zero-order valence-electron chi connectivity index (χ0n) is 28.1. The van der Waals surface area contributed by atoms with Gasteiger partial charge in [-0.05, 0) is 54.3 Å². The van der Waals surface area contributed by atoms with Crippen LogP contribution in [0.15, 0.2) is 54.3 Å². The van der Waals surface area contributed by atoms with E-state index in [1.807, 2.05) is 27.7 Å². The first-order valence-electron chi connectivity index (χ1n) is 15.3. The molecule has 1 unspecified atom stereocenters. The van der Waals surface area contributed by atoms with Crippen LogP contribution in [0.1, 0.15) is 111 Å². The fraction of sp³-hybridized carbons (Fsp3) is 0.526. The number of fused-ring (bicyclic) bond motifs is 1. The van der Waals surface area contributed by atoms with Crippen molar-refractivity contribution in [2.75, 3.05) is 0 Å². The van der Waals surface area contributed by atoms with E-state index >= 15 is 0 Å². The first-order chi connectivity index (χ1) is 19.0. The van der Waals surface area contributed by atoms with Crippen LogP contribution in [0.25, 0.3) is 22.2 Å². The van der Waals surface area contributed by atoms with E-state index in [0.29, 0.717) is 17.8 Å². The topological polar surface area (TPSA) is 50.2 Å². The number of aryl methyl sites for hydroxylation is 2. The third kappa shape index (κ3) is 10.8. The quantitative estimate of drug-likeness (QED) is 0.128. The monoisotopic (exact) mass is 749 g/mol. The molecule has 1 aromatic heterocycles. The Morgan fingerprint density at radius 1 is 0.929 bits per heavy atom. The zero-order valence-corrected chi connectivity index (χ0v) is 30.5. The van der Waals surface area contributed by atoms with Crippen LogP contribution in [0.2, 0.25) is 0 Å². The van der Waals surface area contributed by atoms with Crippen molar-refractivity contribution in [2.24, 2.45) is 22.7 Å². The number of carbonyl (C=O) groups excluding carboxylic acids is 1. The molecule has 42 heavy (non-hydrogen) atoms. The predicted molar refractivity (Wildman–Crippen MR) is 176 cm³/mol. The third-order valence-electron chi connectivity index (χ3n) is 7.78. The second kappa shape index (κ2) is 16.0. The molecule has 2 aromatic carbocycles. The van der Waals surface area contributed by atoms with E-state index in [1.165, 1.54) is 22.6 Å². The van der Waals surface area contributed by atoms with Crippen LogP contribution in [0.5, 0.6) is 0 Å². The van der Waals surface area contributed by atoms with Gasteiger partial charge in [-0.25, -0.2) is 0 Å². The molecule has 0 aliphatic heterocycles. The maximum Gasteiger partial charge on any atom is 0.164 e. The molecule has 4 heteroatoms. The normalized spacial score (nSPS) is 13.0. The summed E-state index contributed by atoms with van der Waals surface area (Å²) in [6.45, 7) is 25.1. The number of aromatic nitrogens is 1. The molecule has 0 aliphatic rings. The molecule has 0 aliphatic carbocycles. The Hall–Kier alpha value is -2.29. The predicted octanol–water partition coefficient (Wildman–Crippen LogP) is 11.0. The van der Waals surface area contributed by atoms with Crippen molar-refractivity contribution in [3.63, 3.8) is 0 Å². The summed E-state index contributed by atoms with van der Waals surface area (Å²) in [6.07, 6.45) is 4.28. The summed E-state index contributed by atoms with van der Waals surface area (Å²) >= 11 is 0. The summed E-state index contributed by atoms with van der Waals surface area (Å²) < 4.78 is 0. The zero-order chi connectivity index (χ0) is 31.1. The Labute approximate surface area is 270 Å². The second-order valence-corrected chi connectivity index (χ2v) is 14.0. The van der Waals surface area contributed by atoms with Crippen molar-refractivity contribution in [3.8, 4) is 11.3 Å². The number of para-hydroxylation sites is 1. The number of pyridine rings is 1. The Morgan fingerprint density at radius 3 is 2.05 bits per heavy atom. The van der Waals surface area contributed by atoms with Gasteiger partial charge in [-0.15, -0.1) is 34.9 Å². The van der Waals surface area contributed by atoms with Crippen LogP contribution in [-0.4, -0.2) is 15.9 Å². The van der Waals surface area contributed by atoms with Gasteiger partial charge >= 0.3 is 0 Å². The molecule has 1 heterocycles. The molecule has 233 valence electrons. The molecule has 1 radical (unpaired) electrons. The molecular weight excluding hydrogens is 695 g/mol. The largest absolute Gasteiger partial charge is 0.512 e. The average Bonchev–Trinajstić information content (AvgIpc) is 2.85. The molecule has 1 atom stereocenters. The van der Waals surface area contributed by atoms with Gasteiger partial charge in [-0.2, -0.15) is 0 Å². The third-order valence-corrected chi connectivity index (χ3v) is 7.78. The summed E-state index contributed by atoms with van der Waals surface area (Å²) in [5, 5.41) is 11.5. The number of aliphatic hydroxyl groups excluding tert-OH is 1. The minimum Gasteiger partial charge on any atom is -0.512 e. The van der Waals surface area contributed by atoms with E-state index in [0.717, 1.165) is 41.6 Å². The van der Waals surface area contributed by atoms with Crippen LogP contribution >= 0.6 is 0 Å². The fourth-order valence-electron chi connectivity index (χ4n) is 5.76.